The molecule has 0 unspecified atom stereocenters. The minimum Gasteiger partial charge on any atom is -0.453 e. The Morgan fingerprint density at radius 2 is 0.708 bits per heavy atom. The fourth-order valence-electron chi connectivity index (χ4n) is 3.23. The van der Waals surface area contributed by atoms with Crippen LogP contribution in [0.2, 0.25) is 19.0 Å². The predicted molar refractivity (Wildman–Crippen MR) is 107 cm³/mol. The van der Waals surface area contributed by atoms with Crippen LogP contribution in [0.15, 0.2) is 0 Å². The Morgan fingerprint density at radius 3 is 0.958 bits per heavy atom. The van der Waals surface area contributed by atoms with Gasteiger partial charge in [-0.05, 0) is 19.0 Å². The van der Waals surface area contributed by atoms with E-state index in [0.717, 1.165) is 19.0 Å². The molecule has 0 saturated carbocycles. The summed E-state index contributed by atoms with van der Waals surface area (Å²) in [5.41, 5.74) is 0. The van der Waals surface area contributed by atoms with Crippen molar-refractivity contribution in [2.45, 2.75) is 117 Å². The van der Waals surface area contributed by atoms with Gasteiger partial charge in [0.2, 0.25) is 0 Å². The molecule has 1 heterocycles. The average molecular weight is 336 g/mol. The molecule has 1 aliphatic rings. The van der Waals surface area contributed by atoms with Crippen molar-refractivity contribution in [1.82, 2.24) is 0 Å². The minimum absolute atomic E-state index is 0.0528. The lowest BCUT2D eigenvalue weighted by Gasteiger charge is -2.31. The Bertz CT molecular complexity index is 233. The van der Waals surface area contributed by atoms with Crippen molar-refractivity contribution in [2.24, 2.45) is 0 Å². The Hall–Kier alpha value is 0.0748. The van der Waals surface area contributed by atoms with Gasteiger partial charge in [0.1, 0.15) is 0 Å². The highest BCUT2D eigenvalue weighted by Gasteiger charge is 2.39. The van der Waals surface area contributed by atoms with Gasteiger partial charge in [0, 0.05) is 0 Å². The molecule has 0 atom stereocenters. The first-order valence-electron chi connectivity index (χ1n) is 10.8. The Balaban J connectivity index is 2.33. The van der Waals surface area contributed by atoms with E-state index in [1.165, 1.54) is 77.0 Å². The molecule has 24 heavy (non-hydrogen) atoms. The van der Waals surface area contributed by atoms with E-state index in [9.17, 15) is 0 Å². The standard InChI is InChI=1S/C18H39B3O3/c1-4-7-10-13-16-19-22-20(17-14-11-8-5-2)24-21(23-19)18-15-12-9-6-3/h4-18H2,1-3H3. The van der Waals surface area contributed by atoms with Crippen molar-refractivity contribution in [2.75, 3.05) is 0 Å². The van der Waals surface area contributed by atoms with Gasteiger partial charge in [0.15, 0.2) is 0 Å². The summed E-state index contributed by atoms with van der Waals surface area (Å²) in [7, 11) is -0.158. The van der Waals surface area contributed by atoms with Gasteiger partial charge in [-0.2, -0.15) is 0 Å². The number of rotatable bonds is 15. The fourth-order valence-corrected chi connectivity index (χ4v) is 3.23. The zero-order valence-electron chi connectivity index (χ0n) is 16.6. The van der Waals surface area contributed by atoms with Gasteiger partial charge in [-0.3, -0.25) is 0 Å². The SMILES string of the molecule is CCCCCCB1OB(CCCCCC)OB(CCCCCC)O1. The molecular formula is C18H39B3O3. The van der Waals surface area contributed by atoms with Gasteiger partial charge >= 0.3 is 21.4 Å². The van der Waals surface area contributed by atoms with E-state index in [-0.39, 0.29) is 21.4 Å². The zero-order chi connectivity index (χ0) is 17.5. The van der Waals surface area contributed by atoms with Crippen LogP contribution in [0, 0.1) is 0 Å². The van der Waals surface area contributed by atoms with E-state index in [4.69, 9.17) is 13.7 Å². The van der Waals surface area contributed by atoms with Crippen LogP contribution in [0.25, 0.3) is 0 Å². The van der Waals surface area contributed by atoms with E-state index in [2.05, 4.69) is 20.8 Å². The number of hydrogen-bond donors (Lipinski definition) is 0. The van der Waals surface area contributed by atoms with E-state index in [1.807, 2.05) is 0 Å². The Kier molecular flexibility index (Phi) is 14.1. The summed E-state index contributed by atoms with van der Waals surface area (Å²) < 4.78 is 18.2. The third-order valence-corrected chi connectivity index (χ3v) is 4.79. The molecule has 1 saturated heterocycles. The van der Waals surface area contributed by atoms with Gasteiger partial charge in [-0.15, -0.1) is 0 Å². The normalized spacial score (nSPS) is 15.4. The molecule has 0 amide bonds. The lowest BCUT2D eigenvalue weighted by atomic mass is 9.64. The highest BCUT2D eigenvalue weighted by molar-refractivity contribution is 6.73. The molecule has 0 aromatic carbocycles. The van der Waals surface area contributed by atoms with Crippen molar-refractivity contribution < 1.29 is 13.7 Å². The van der Waals surface area contributed by atoms with Gasteiger partial charge in [0.05, 0.1) is 0 Å². The summed E-state index contributed by atoms with van der Waals surface area (Å²) in [6.07, 6.45) is 18.2. The van der Waals surface area contributed by atoms with Crippen molar-refractivity contribution in [3.05, 3.63) is 0 Å². The second-order valence-electron chi connectivity index (χ2n) is 7.24. The summed E-state index contributed by atoms with van der Waals surface area (Å²) in [5, 5.41) is 0. The van der Waals surface area contributed by atoms with Crippen LogP contribution in [0.5, 0.6) is 0 Å². The third-order valence-electron chi connectivity index (χ3n) is 4.79. The number of hydrogen-bond acceptors (Lipinski definition) is 3. The molecule has 0 aromatic rings. The first-order chi connectivity index (χ1) is 11.8. The second-order valence-corrected chi connectivity index (χ2v) is 7.24. The molecule has 1 fully saturated rings. The smallest absolute Gasteiger partial charge is 0.429 e. The lowest BCUT2D eigenvalue weighted by Crippen LogP contribution is -2.48. The highest BCUT2D eigenvalue weighted by atomic mass is 16.7. The molecule has 1 rings (SSSR count). The first-order valence-corrected chi connectivity index (χ1v) is 10.8. The predicted octanol–water partition coefficient (Wildman–Crippen LogP) is 6.26. The second kappa shape index (κ2) is 15.3. The molecule has 3 nitrogen and oxygen atoms in total. The first kappa shape index (κ1) is 22.1. The zero-order valence-corrected chi connectivity index (χ0v) is 16.6. The van der Waals surface area contributed by atoms with Crippen molar-refractivity contribution in [3.63, 3.8) is 0 Å². The van der Waals surface area contributed by atoms with Crippen LogP contribution in [-0.4, -0.2) is 21.4 Å². The summed E-state index contributed by atoms with van der Waals surface area (Å²) in [6.45, 7) is 6.75. The van der Waals surface area contributed by atoms with Crippen LogP contribution in [0.1, 0.15) is 97.8 Å². The van der Waals surface area contributed by atoms with Crippen LogP contribution in [0.3, 0.4) is 0 Å². The summed E-state index contributed by atoms with van der Waals surface area (Å²) >= 11 is 0. The van der Waals surface area contributed by atoms with Crippen molar-refractivity contribution in [1.29, 1.82) is 0 Å². The lowest BCUT2D eigenvalue weighted by molar-refractivity contribution is 0.275. The average Bonchev–Trinajstić information content (AvgIpc) is 2.59. The topological polar surface area (TPSA) is 27.7 Å². The van der Waals surface area contributed by atoms with Crippen LogP contribution in [-0.2, 0) is 13.7 Å². The van der Waals surface area contributed by atoms with E-state index < -0.39 is 0 Å². The largest absolute Gasteiger partial charge is 0.453 e. The molecule has 0 aromatic heterocycles. The fraction of sp³-hybridized carbons (Fsp3) is 1.00. The molecule has 0 N–H and O–H groups in total. The van der Waals surface area contributed by atoms with Crippen LogP contribution in [0.4, 0.5) is 0 Å². The molecule has 6 heteroatoms. The van der Waals surface area contributed by atoms with Crippen molar-refractivity contribution in [3.8, 4) is 0 Å². The Labute approximate surface area is 152 Å². The maximum atomic E-state index is 6.06. The van der Waals surface area contributed by atoms with Gasteiger partial charge in [0.25, 0.3) is 0 Å². The van der Waals surface area contributed by atoms with Crippen molar-refractivity contribution >= 4 is 21.4 Å². The number of unbranched alkanes of at least 4 members (excludes halogenated alkanes) is 9. The molecule has 0 spiro atoms. The summed E-state index contributed by atoms with van der Waals surface area (Å²) in [6, 6.07) is 0. The van der Waals surface area contributed by atoms with Crippen LogP contribution < -0.4 is 0 Å². The van der Waals surface area contributed by atoms with E-state index in [1.54, 1.807) is 0 Å². The molecule has 0 aliphatic carbocycles. The molecule has 1 aliphatic heterocycles. The molecule has 138 valence electrons. The third kappa shape index (κ3) is 10.8. The van der Waals surface area contributed by atoms with Gasteiger partial charge < -0.3 is 13.7 Å². The quantitative estimate of drug-likeness (QED) is 0.261. The highest BCUT2D eigenvalue weighted by Crippen LogP contribution is 2.21. The van der Waals surface area contributed by atoms with Crippen LogP contribution >= 0.6 is 0 Å². The molecule has 0 bridgehead atoms. The van der Waals surface area contributed by atoms with E-state index in [0.29, 0.717) is 0 Å². The minimum atomic E-state index is -0.0528. The monoisotopic (exact) mass is 336 g/mol. The molecular weight excluding hydrogens is 297 g/mol. The van der Waals surface area contributed by atoms with Gasteiger partial charge in [-0.25, -0.2) is 0 Å². The maximum absolute atomic E-state index is 6.06. The summed E-state index contributed by atoms with van der Waals surface area (Å²) in [5.74, 6) is 0. The molecule has 0 radical (unpaired) electrons. The van der Waals surface area contributed by atoms with Gasteiger partial charge in [-0.1, -0.05) is 97.8 Å². The Morgan fingerprint density at radius 1 is 0.417 bits per heavy atom. The van der Waals surface area contributed by atoms with E-state index >= 15 is 0 Å². The summed E-state index contributed by atoms with van der Waals surface area (Å²) in [4.78, 5) is 0. The maximum Gasteiger partial charge on any atom is 0.429 e.